The molecule has 2 aromatic heterocycles. The molecule has 6 heteroatoms. The third kappa shape index (κ3) is 3.23. The predicted octanol–water partition coefficient (Wildman–Crippen LogP) is 4.79. The van der Waals surface area contributed by atoms with E-state index in [4.69, 9.17) is 4.52 Å². The maximum Gasteiger partial charge on any atom is 0.261 e. The van der Waals surface area contributed by atoms with Gasteiger partial charge in [-0.3, -0.25) is 4.79 Å². The molecule has 124 valence electrons. The van der Waals surface area contributed by atoms with Crippen molar-refractivity contribution < 1.29 is 9.32 Å². The molecule has 5 nitrogen and oxygen atoms in total. The van der Waals surface area contributed by atoms with E-state index in [0.717, 1.165) is 22.0 Å². The zero-order valence-corrected chi connectivity index (χ0v) is 14.9. The van der Waals surface area contributed by atoms with E-state index >= 15 is 0 Å². The number of aryl methyl sites for hydroxylation is 2. The molecule has 0 saturated heterocycles. The van der Waals surface area contributed by atoms with Gasteiger partial charge in [-0.1, -0.05) is 31.1 Å². The van der Waals surface area contributed by atoms with Crippen molar-refractivity contribution >= 4 is 22.9 Å². The van der Waals surface area contributed by atoms with E-state index in [0.29, 0.717) is 17.0 Å². The quantitative estimate of drug-likeness (QED) is 0.741. The van der Waals surface area contributed by atoms with Crippen LogP contribution in [0.1, 0.15) is 46.6 Å². The van der Waals surface area contributed by atoms with E-state index in [1.54, 1.807) is 18.3 Å². The molecule has 1 amide bonds. The summed E-state index contributed by atoms with van der Waals surface area (Å²) in [5, 5.41) is 9.88. The molecule has 0 atom stereocenters. The summed E-state index contributed by atoms with van der Waals surface area (Å²) in [5.74, 6) is 0.511. The summed E-state index contributed by atoms with van der Waals surface area (Å²) >= 11 is 1.62. The van der Waals surface area contributed by atoms with E-state index in [1.807, 2.05) is 50.4 Å². The number of hydrogen-bond donors (Lipinski definition) is 1. The number of benzene rings is 1. The van der Waals surface area contributed by atoms with Gasteiger partial charge in [0.15, 0.2) is 5.76 Å². The molecule has 0 unspecified atom stereocenters. The Morgan fingerprint density at radius 1 is 1.21 bits per heavy atom. The Hall–Kier alpha value is -2.47. The molecule has 0 radical (unpaired) electrons. The minimum absolute atomic E-state index is 0.0993. The van der Waals surface area contributed by atoms with Gasteiger partial charge in [0, 0.05) is 22.5 Å². The number of carbonyl (C=O) groups excluding carboxylic acids is 1. The molecule has 0 fully saturated rings. The highest BCUT2D eigenvalue weighted by molar-refractivity contribution is 7.09. The standard InChI is InChI=1S/C18H19N3O2S/c1-10(2)17-16(11(3)21-23-17)18(22)20-14-7-5-13(6-8-14)15-9-24-12(4)19-15/h5-10H,1-4H3,(H,20,22). The average molecular weight is 341 g/mol. The summed E-state index contributed by atoms with van der Waals surface area (Å²) in [4.78, 5) is 17.0. The van der Waals surface area contributed by atoms with Crippen LogP contribution in [0.2, 0.25) is 0 Å². The summed E-state index contributed by atoms with van der Waals surface area (Å²) in [6, 6.07) is 7.65. The van der Waals surface area contributed by atoms with Crippen LogP contribution in [0, 0.1) is 13.8 Å². The van der Waals surface area contributed by atoms with E-state index in [2.05, 4.69) is 15.5 Å². The average Bonchev–Trinajstić information content (AvgIpc) is 3.14. The van der Waals surface area contributed by atoms with Gasteiger partial charge in [-0.05, 0) is 26.0 Å². The van der Waals surface area contributed by atoms with E-state index < -0.39 is 0 Å². The molecule has 0 saturated carbocycles. The van der Waals surface area contributed by atoms with Gasteiger partial charge in [-0.2, -0.15) is 0 Å². The number of thiazole rings is 1. The van der Waals surface area contributed by atoms with Gasteiger partial charge in [-0.25, -0.2) is 4.98 Å². The fraction of sp³-hybridized carbons (Fsp3) is 0.278. The molecule has 0 aliphatic heterocycles. The molecular weight excluding hydrogens is 322 g/mol. The van der Waals surface area contributed by atoms with E-state index in [1.165, 1.54) is 0 Å². The molecule has 3 rings (SSSR count). The number of nitrogens with one attached hydrogen (secondary N) is 1. The van der Waals surface area contributed by atoms with Crippen molar-refractivity contribution in [1.82, 2.24) is 10.1 Å². The highest BCUT2D eigenvalue weighted by Crippen LogP contribution is 2.25. The number of carbonyl (C=O) groups is 1. The van der Waals surface area contributed by atoms with Crippen molar-refractivity contribution in [1.29, 1.82) is 0 Å². The van der Waals surface area contributed by atoms with Crippen molar-refractivity contribution in [2.24, 2.45) is 0 Å². The summed E-state index contributed by atoms with van der Waals surface area (Å²) in [6.45, 7) is 7.71. The molecule has 3 aromatic rings. The first-order chi connectivity index (χ1) is 11.5. The highest BCUT2D eigenvalue weighted by Gasteiger charge is 2.22. The van der Waals surface area contributed by atoms with Crippen LogP contribution < -0.4 is 5.32 Å². The highest BCUT2D eigenvalue weighted by atomic mass is 32.1. The Labute approximate surface area is 144 Å². The lowest BCUT2D eigenvalue weighted by Crippen LogP contribution is -2.14. The fourth-order valence-corrected chi connectivity index (χ4v) is 3.09. The van der Waals surface area contributed by atoms with Crippen LogP contribution in [0.3, 0.4) is 0 Å². The molecular formula is C18H19N3O2S. The van der Waals surface area contributed by atoms with Crippen LogP contribution in [0.4, 0.5) is 5.69 Å². The van der Waals surface area contributed by atoms with E-state index in [-0.39, 0.29) is 11.8 Å². The molecule has 24 heavy (non-hydrogen) atoms. The number of anilines is 1. The first-order valence-electron chi connectivity index (χ1n) is 7.75. The van der Waals surface area contributed by atoms with Gasteiger partial charge in [0.2, 0.25) is 0 Å². The SMILES string of the molecule is Cc1nc(-c2ccc(NC(=O)c3c(C)noc3C(C)C)cc2)cs1. The zero-order chi connectivity index (χ0) is 17.3. The molecule has 0 aliphatic carbocycles. The van der Waals surface area contributed by atoms with E-state index in [9.17, 15) is 4.79 Å². The minimum atomic E-state index is -0.199. The lowest BCUT2D eigenvalue weighted by Gasteiger charge is -2.07. The second-order valence-corrected chi connectivity index (χ2v) is 7.01. The topological polar surface area (TPSA) is 68.0 Å². The normalized spacial score (nSPS) is 11.0. The Morgan fingerprint density at radius 2 is 1.92 bits per heavy atom. The smallest absolute Gasteiger partial charge is 0.261 e. The lowest BCUT2D eigenvalue weighted by atomic mass is 10.0. The predicted molar refractivity (Wildman–Crippen MR) is 95.6 cm³/mol. The second-order valence-electron chi connectivity index (χ2n) is 5.95. The Bertz CT molecular complexity index is 863. The maximum atomic E-state index is 12.6. The monoisotopic (exact) mass is 341 g/mol. The summed E-state index contributed by atoms with van der Waals surface area (Å²) < 4.78 is 5.28. The Morgan fingerprint density at radius 3 is 2.50 bits per heavy atom. The Kier molecular flexibility index (Phi) is 4.49. The van der Waals surface area contributed by atoms with Gasteiger partial charge < -0.3 is 9.84 Å². The van der Waals surface area contributed by atoms with Gasteiger partial charge in [0.1, 0.15) is 5.56 Å². The maximum absolute atomic E-state index is 12.6. The van der Waals surface area contributed by atoms with Crippen molar-refractivity contribution in [2.75, 3.05) is 5.32 Å². The van der Waals surface area contributed by atoms with Crippen LogP contribution in [0.25, 0.3) is 11.3 Å². The number of hydrogen-bond acceptors (Lipinski definition) is 5. The summed E-state index contributed by atoms with van der Waals surface area (Å²) in [7, 11) is 0. The summed E-state index contributed by atoms with van der Waals surface area (Å²) in [5.41, 5.74) is 3.83. The number of nitrogens with zero attached hydrogens (tertiary/aromatic N) is 2. The number of aromatic nitrogens is 2. The van der Waals surface area contributed by atoms with Gasteiger partial charge >= 0.3 is 0 Å². The van der Waals surface area contributed by atoms with Crippen molar-refractivity contribution in [3.63, 3.8) is 0 Å². The molecule has 0 bridgehead atoms. The first kappa shape index (κ1) is 16.4. The van der Waals surface area contributed by atoms with Crippen LogP contribution in [0.15, 0.2) is 34.2 Å². The Balaban J connectivity index is 1.79. The zero-order valence-electron chi connectivity index (χ0n) is 14.1. The van der Waals surface area contributed by atoms with Crippen LogP contribution in [-0.4, -0.2) is 16.0 Å². The molecule has 1 N–H and O–H groups in total. The van der Waals surface area contributed by atoms with Crippen LogP contribution in [0.5, 0.6) is 0 Å². The van der Waals surface area contributed by atoms with Gasteiger partial charge in [0.25, 0.3) is 5.91 Å². The number of rotatable bonds is 4. The summed E-state index contributed by atoms with van der Waals surface area (Å²) in [6.07, 6.45) is 0. The second kappa shape index (κ2) is 6.57. The fourth-order valence-electron chi connectivity index (χ4n) is 2.47. The van der Waals surface area contributed by atoms with Gasteiger partial charge in [0.05, 0.1) is 16.4 Å². The lowest BCUT2D eigenvalue weighted by molar-refractivity contribution is 0.102. The first-order valence-corrected chi connectivity index (χ1v) is 8.63. The van der Waals surface area contributed by atoms with Crippen LogP contribution in [-0.2, 0) is 0 Å². The third-order valence-electron chi connectivity index (χ3n) is 3.70. The van der Waals surface area contributed by atoms with Gasteiger partial charge in [-0.15, -0.1) is 11.3 Å². The molecule has 0 spiro atoms. The third-order valence-corrected chi connectivity index (χ3v) is 4.47. The van der Waals surface area contributed by atoms with Crippen LogP contribution >= 0.6 is 11.3 Å². The number of amides is 1. The van der Waals surface area contributed by atoms with Crippen molar-refractivity contribution in [2.45, 2.75) is 33.6 Å². The molecule has 2 heterocycles. The molecule has 0 aliphatic rings. The largest absolute Gasteiger partial charge is 0.360 e. The molecule has 1 aromatic carbocycles. The van der Waals surface area contributed by atoms with Crippen molar-refractivity contribution in [3.05, 3.63) is 51.7 Å². The minimum Gasteiger partial charge on any atom is -0.360 e. The van der Waals surface area contributed by atoms with Crippen molar-refractivity contribution in [3.8, 4) is 11.3 Å².